The van der Waals surface area contributed by atoms with Crippen molar-refractivity contribution in [1.82, 2.24) is 0 Å². The minimum Gasteiger partial charge on any atom is -0.496 e. The number of para-hydroxylation sites is 1. The van der Waals surface area contributed by atoms with Gasteiger partial charge in [0.25, 0.3) is 0 Å². The molecule has 3 saturated heterocycles. The molecule has 3 aromatic carbocycles. The summed E-state index contributed by atoms with van der Waals surface area (Å²) in [5, 5.41) is 1.93. The standard InChI is InChI=1S/C27H28O7/c1-28-24-9-5-2-6-17(24)10-23-25(32-14-18-11-29-18)21-7-3-4-8-22(21)26(33-15-19-12-30-19)27(23)34-16-20-13-31-20/h2-9,18-20H,10-16H2,1H3. The van der Waals surface area contributed by atoms with E-state index in [2.05, 4.69) is 12.1 Å². The zero-order valence-electron chi connectivity index (χ0n) is 19.2. The molecular formula is C27H28O7. The van der Waals surface area contributed by atoms with Gasteiger partial charge in [-0.2, -0.15) is 0 Å². The van der Waals surface area contributed by atoms with Crippen LogP contribution in [0.1, 0.15) is 11.1 Å². The van der Waals surface area contributed by atoms with Crippen molar-refractivity contribution in [2.75, 3.05) is 46.8 Å². The first-order valence-electron chi connectivity index (χ1n) is 11.7. The summed E-state index contributed by atoms with van der Waals surface area (Å²) >= 11 is 0. The third kappa shape index (κ3) is 4.78. The highest BCUT2D eigenvalue weighted by atomic mass is 16.6. The van der Waals surface area contributed by atoms with E-state index in [1.807, 2.05) is 36.4 Å². The monoisotopic (exact) mass is 464 g/mol. The van der Waals surface area contributed by atoms with Crippen molar-refractivity contribution in [3.63, 3.8) is 0 Å². The van der Waals surface area contributed by atoms with Crippen LogP contribution < -0.4 is 18.9 Å². The highest BCUT2D eigenvalue weighted by molar-refractivity contribution is 5.97. The zero-order chi connectivity index (χ0) is 22.9. The van der Waals surface area contributed by atoms with Gasteiger partial charge in [-0.3, -0.25) is 0 Å². The minimum absolute atomic E-state index is 0.106. The van der Waals surface area contributed by atoms with E-state index < -0.39 is 0 Å². The van der Waals surface area contributed by atoms with Gasteiger partial charge in [0.05, 0.1) is 26.9 Å². The summed E-state index contributed by atoms with van der Waals surface area (Å²) < 4.78 is 41.1. The van der Waals surface area contributed by atoms with Crippen LogP contribution in [-0.2, 0) is 20.6 Å². The predicted octanol–water partition coefficient (Wildman–Crippen LogP) is 3.77. The second kappa shape index (κ2) is 9.33. The summed E-state index contributed by atoms with van der Waals surface area (Å²) in [6.07, 6.45) is 0.922. The minimum atomic E-state index is 0.106. The van der Waals surface area contributed by atoms with E-state index in [0.29, 0.717) is 44.3 Å². The van der Waals surface area contributed by atoms with Crippen LogP contribution in [0.25, 0.3) is 10.8 Å². The van der Waals surface area contributed by atoms with E-state index in [4.69, 9.17) is 33.2 Å². The summed E-state index contributed by atoms with van der Waals surface area (Å²) in [6, 6.07) is 16.1. The van der Waals surface area contributed by atoms with Crippen molar-refractivity contribution < 1.29 is 33.2 Å². The Hall–Kier alpha value is -3.00. The number of ether oxygens (including phenoxy) is 7. The topological polar surface area (TPSA) is 74.5 Å². The summed E-state index contributed by atoms with van der Waals surface area (Å²) in [5.41, 5.74) is 1.97. The average molecular weight is 465 g/mol. The van der Waals surface area contributed by atoms with Crippen molar-refractivity contribution in [3.05, 3.63) is 59.7 Å². The van der Waals surface area contributed by atoms with Crippen LogP contribution in [0.5, 0.6) is 23.0 Å². The van der Waals surface area contributed by atoms with Gasteiger partial charge in [0.15, 0.2) is 11.5 Å². The van der Waals surface area contributed by atoms with E-state index >= 15 is 0 Å². The number of rotatable bonds is 12. The molecule has 7 nitrogen and oxygen atoms in total. The molecule has 178 valence electrons. The van der Waals surface area contributed by atoms with E-state index in [9.17, 15) is 0 Å². The highest BCUT2D eigenvalue weighted by Crippen LogP contribution is 2.48. The first kappa shape index (κ1) is 21.5. The number of fused-ring (bicyclic) bond motifs is 1. The van der Waals surface area contributed by atoms with E-state index in [1.54, 1.807) is 7.11 Å². The quantitative estimate of drug-likeness (QED) is 0.378. The van der Waals surface area contributed by atoms with E-state index in [-0.39, 0.29) is 18.3 Å². The molecule has 0 saturated carbocycles. The first-order chi connectivity index (χ1) is 16.8. The molecule has 3 aromatic rings. The Balaban J connectivity index is 1.50. The molecule has 3 unspecified atom stereocenters. The molecule has 7 heteroatoms. The zero-order valence-corrected chi connectivity index (χ0v) is 19.2. The molecule has 3 fully saturated rings. The third-order valence-corrected chi connectivity index (χ3v) is 6.18. The number of epoxide rings is 3. The lowest BCUT2D eigenvalue weighted by molar-refractivity contribution is 0.225. The lowest BCUT2D eigenvalue weighted by atomic mass is 9.96. The van der Waals surface area contributed by atoms with E-state index in [1.165, 1.54) is 0 Å². The summed E-state index contributed by atoms with van der Waals surface area (Å²) in [5.74, 6) is 3.01. The van der Waals surface area contributed by atoms with Crippen molar-refractivity contribution >= 4 is 10.8 Å². The Morgan fingerprint density at radius 3 is 1.76 bits per heavy atom. The smallest absolute Gasteiger partial charge is 0.169 e. The molecule has 3 heterocycles. The van der Waals surface area contributed by atoms with Gasteiger partial charge in [0.1, 0.15) is 49.6 Å². The van der Waals surface area contributed by atoms with Crippen LogP contribution in [0.2, 0.25) is 0 Å². The van der Waals surface area contributed by atoms with Gasteiger partial charge in [0.2, 0.25) is 0 Å². The molecule has 0 spiro atoms. The molecule has 3 aliphatic rings. The molecule has 0 aliphatic carbocycles. The Morgan fingerprint density at radius 2 is 1.18 bits per heavy atom. The Kier molecular flexibility index (Phi) is 5.91. The van der Waals surface area contributed by atoms with Crippen molar-refractivity contribution in [1.29, 1.82) is 0 Å². The fraction of sp³-hybridized carbons (Fsp3) is 0.407. The maximum atomic E-state index is 6.42. The summed E-state index contributed by atoms with van der Waals surface area (Å²) in [4.78, 5) is 0. The van der Waals surface area contributed by atoms with Gasteiger partial charge in [-0.05, 0) is 11.6 Å². The summed E-state index contributed by atoms with van der Waals surface area (Å²) in [7, 11) is 1.69. The highest BCUT2D eigenvalue weighted by Gasteiger charge is 2.31. The fourth-order valence-corrected chi connectivity index (χ4v) is 4.09. The van der Waals surface area contributed by atoms with Crippen LogP contribution in [0.4, 0.5) is 0 Å². The van der Waals surface area contributed by atoms with Crippen molar-refractivity contribution in [3.8, 4) is 23.0 Å². The maximum absolute atomic E-state index is 6.42. The molecule has 3 atom stereocenters. The van der Waals surface area contributed by atoms with Gasteiger partial charge >= 0.3 is 0 Å². The van der Waals surface area contributed by atoms with Crippen LogP contribution in [0, 0.1) is 0 Å². The molecule has 3 aliphatic heterocycles. The normalized spacial score (nSPS) is 22.3. The number of benzene rings is 3. The molecule has 0 bridgehead atoms. The van der Waals surface area contributed by atoms with Crippen molar-refractivity contribution in [2.24, 2.45) is 0 Å². The molecule has 6 rings (SSSR count). The molecule has 0 amide bonds. The second-order valence-electron chi connectivity index (χ2n) is 8.80. The molecule has 34 heavy (non-hydrogen) atoms. The lowest BCUT2D eigenvalue weighted by Gasteiger charge is -2.23. The molecule has 0 aromatic heterocycles. The number of methoxy groups -OCH3 is 1. The van der Waals surface area contributed by atoms with E-state index in [0.717, 1.165) is 46.6 Å². The van der Waals surface area contributed by atoms with Crippen molar-refractivity contribution in [2.45, 2.75) is 24.7 Å². The van der Waals surface area contributed by atoms with Gasteiger partial charge in [-0.25, -0.2) is 0 Å². The van der Waals surface area contributed by atoms with Gasteiger partial charge < -0.3 is 33.2 Å². The summed E-state index contributed by atoms with van der Waals surface area (Å²) in [6.45, 7) is 3.59. The molecular weight excluding hydrogens is 436 g/mol. The van der Waals surface area contributed by atoms with Crippen LogP contribution in [-0.4, -0.2) is 65.1 Å². The van der Waals surface area contributed by atoms with Gasteiger partial charge in [-0.15, -0.1) is 0 Å². The largest absolute Gasteiger partial charge is 0.496 e. The van der Waals surface area contributed by atoms with Crippen LogP contribution in [0.15, 0.2) is 48.5 Å². The maximum Gasteiger partial charge on any atom is 0.169 e. The third-order valence-electron chi connectivity index (χ3n) is 6.18. The number of hydrogen-bond donors (Lipinski definition) is 0. The van der Waals surface area contributed by atoms with Crippen LogP contribution in [0.3, 0.4) is 0 Å². The average Bonchev–Trinajstić information content (AvgIpc) is 3.70. The predicted molar refractivity (Wildman–Crippen MR) is 125 cm³/mol. The molecule has 0 radical (unpaired) electrons. The fourth-order valence-electron chi connectivity index (χ4n) is 4.09. The van der Waals surface area contributed by atoms with Crippen LogP contribution >= 0.6 is 0 Å². The lowest BCUT2D eigenvalue weighted by Crippen LogP contribution is -2.13. The Morgan fingerprint density at radius 1 is 0.676 bits per heavy atom. The Bertz CT molecular complexity index is 1170. The van der Waals surface area contributed by atoms with Gasteiger partial charge in [0, 0.05) is 22.8 Å². The first-order valence-corrected chi connectivity index (χ1v) is 11.7. The molecule has 0 N–H and O–H groups in total. The SMILES string of the molecule is COc1ccccc1Cc1c(OCC2CO2)c(OCC2CO2)c2ccccc2c1OCC1CO1. The second-order valence-corrected chi connectivity index (χ2v) is 8.80. The van der Waals surface area contributed by atoms with Gasteiger partial charge in [-0.1, -0.05) is 42.5 Å². The Labute approximate surface area is 198 Å². The number of hydrogen-bond acceptors (Lipinski definition) is 7.